The number of methoxy groups -OCH3 is 1. The summed E-state index contributed by atoms with van der Waals surface area (Å²) < 4.78 is 21.8. The third kappa shape index (κ3) is 5.30. The Balaban J connectivity index is 1.58. The normalized spacial score (nSPS) is 11.8. The molecule has 0 amide bonds. The third-order valence-corrected chi connectivity index (χ3v) is 5.27. The molecule has 6 heteroatoms. The first-order chi connectivity index (χ1) is 16.0. The second-order valence-electron chi connectivity index (χ2n) is 7.58. The molecule has 33 heavy (non-hydrogen) atoms. The van der Waals surface area contributed by atoms with Crippen molar-refractivity contribution in [3.8, 4) is 16.9 Å². The fourth-order valence-corrected chi connectivity index (χ4v) is 3.62. The number of hydrogen-bond donors (Lipinski definition) is 0. The summed E-state index contributed by atoms with van der Waals surface area (Å²) >= 11 is 0. The number of carbonyl (C=O) groups is 1. The van der Waals surface area contributed by atoms with Crippen LogP contribution in [0.15, 0.2) is 88.1 Å². The number of carbonyl (C=O) groups excluding carboxylic acids is 1. The summed E-state index contributed by atoms with van der Waals surface area (Å²) in [6.07, 6.45) is -0.970. The van der Waals surface area contributed by atoms with E-state index in [1.807, 2.05) is 67.6 Å². The first-order valence-electron chi connectivity index (χ1n) is 10.5. The molecule has 0 spiro atoms. The molecule has 6 nitrogen and oxygen atoms in total. The number of esters is 1. The lowest BCUT2D eigenvalue weighted by molar-refractivity contribution is -0.152. The fourth-order valence-electron chi connectivity index (χ4n) is 3.62. The van der Waals surface area contributed by atoms with E-state index in [0.29, 0.717) is 17.9 Å². The maximum atomic E-state index is 12.3. The van der Waals surface area contributed by atoms with Crippen LogP contribution in [0.25, 0.3) is 22.1 Å². The van der Waals surface area contributed by atoms with Crippen molar-refractivity contribution in [2.24, 2.45) is 0 Å². The predicted molar refractivity (Wildman–Crippen MR) is 125 cm³/mol. The highest BCUT2D eigenvalue weighted by Gasteiger charge is 2.22. The Labute approximate surface area is 191 Å². The van der Waals surface area contributed by atoms with Gasteiger partial charge < -0.3 is 18.6 Å². The molecular weight excluding hydrogens is 420 g/mol. The Kier molecular flexibility index (Phi) is 6.86. The molecule has 1 heterocycles. The zero-order chi connectivity index (χ0) is 23.2. The fraction of sp³-hybridized carbons (Fsp3) is 0.185. The molecule has 0 aliphatic carbocycles. The van der Waals surface area contributed by atoms with E-state index in [1.54, 1.807) is 12.1 Å². The summed E-state index contributed by atoms with van der Waals surface area (Å²) in [4.78, 5) is 24.5. The molecule has 0 aliphatic rings. The quantitative estimate of drug-likeness (QED) is 0.284. The van der Waals surface area contributed by atoms with Gasteiger partial charge in [0.2, 0.25) is 6.10 Å². The summed E-state index contributed by atoms with van der Waals surface area (Å²) in [6, 6.07) is 24.1. The molecule has 0 radical (unpaired) electrons. The highest BCUT2D eigenvalue weighted by Crippen LogP contribution is 2.31. The lowest BCUT2D eigenvalue weighted by Gasteiger charge is -2.17. The van der Waals surface area contributed by atoms with Crippen LogP contribution >= 0.6 is 0 Å². The second-order valence-corrected chi connectivity index (χ2v) is 7.58. The number of hydrogen-bond acceptors (Lipinski definition) is 6. The summed E-state index contributed by atoms with van der Waals surface area (Å²) in [6.45, 7) is 2.33. The van der Waals surface area contributed by atoms with Crippen molar-refractivity contribution < 1.29 is 23.4 Å². The van der Waals surface area contributed by atoms with Gasteiger partial charge in [-0.1, -0.05) is 54.6 Å². The van der Waals surface area contributed by atoms with Crippen LogP contribution in [0.3, 0.4) is 0 Å². The van der Waals surface area contributed by atoms with Crippen LogP contribution in [0.2, 0.25) is 0 Å². The van der Waals surface area contributed by atoms with Gasteiger partial charge in [-0.15, -0.1) is 0 Å². The lowest BCUT2D eigenvalue weighted by atomic mass is 9.98. The van der Waals surface area contributed by atoms with Crippen molar-refractivity contribution in [1.82, 2.24) is 0 Å². The standard InChI is InChI=1S/C27H24O6/c1-18-8-6-7-11-21(18)23-15-26(28)33-24-14-20(12-13-22(23)24)32-25(27(29)30-2)17-31-16-19-9-4-3-5-10-19/h3-15,25H,16-17H2,1-2H3/t25-/m1/s1. The van der Waals surface area contributed by atoms with Gasteiger partial charge >= 0.3 is 11.6 Å². The highest BCUT2D eigenvalue weighted by atomic mass is 16.6. The molecule has 4 rings (SSSR count). The van der Waals surface area contributed by atoms with Gasteiger partial charge in [0.05, 0.1) is 20.3 Å². The van der Waals surface area contributed by atoms with Crippen molar-refractivity contribution in [3.05, 3.63) is 100 Å². The van der Waals surface area contributed by atoms with E-state index in [2.05, 4.69) is 0 Å². The number of fused-ring (bicyclic) bond motifs is 1. The van der Waals surface area contributed by atoms with Crippen LogP contribution in [-0.4, -0.2) is 25.8 Å². The van der Waals surface area contributed by atoms with Crippen LogP contribution in [0, 0.1) is 6.92 Å². The maximum absolute atomic E-state index is 12.3. The van der Waals surface area contributed by atoms with E-state index in [1.165, 1.54) is 13.2 Å². The third-order valence-electron chi connectivity index (χ3n) is 5.27. The van der Waals surface area contributed by atoms with Crippen molar-refractivity contribution in [2.75, 3.05) is 13.7 Å². The van der Waals surface area contributed by atoms with Gasteiger partial charge in [-0.2, -0.15) is 0 Å². The molecule has 4 aromatic rings. The number of benzene rings is 3. The van der Waals surface area contributed by atoms with E-state index >= 15 is 0 Å². The number of ether oxygens (including phenoxy) is 3. The van der Waals surface area contributed by atoms with Gasteiger partial charge in [0.25, 0.3) is 0 Å². The monoisotopic (exact) mass is 444 g/mol. The second kappa shape index (κ2) is 10.1. The van der Waals surface area contributed by atoms with E-state index in [9.17, 15) is 9.59 Å². The van der Waals surface area contributed by atoms with Gasteiger partial charge in [-0.25, -0.2) is 9.59 Å². The summed E-state index contributed by atoms with van der Waals surface area (Å²) in [7, 11) is 1.30. The van der Waals surface area contributed by atoms with E-state index in [-0.39, 0.29) is 6.61 Å². The Hall–Kier alpha value is -3.90. The Bertz CT molecular complexity index is 1310. The summed E-state index contributed by atoms with van der Waals surface area (Å²) in [5.74, 6) is -0.190. The van der Waals surface area contributed by atoms with Crippen molar-refractivity contribution in [1.29, 1.82) is 0 Å². The summed E-state index contributed by atoms with van der Waals surface area (Å²) in [5, 5.41) is 0.770. The zero-order valence-corrected chi connectivity index (χ0v) is 18.4. The minimum atomic E-state index is -0.970. The first kappa shape index (κ1) is 22.3. The average Bonchev–Trinajstić information content (AvgIpc) is 2.83. The van der Waals surface area contributed by atoms with Crippen molar-refractivity contribution >= 4 is 16.9 Å². The minimum absolute atomic E-state index is 0.00675. The van der Waals surface area contributed by atoms with Gasteiger partial charge in [-0.3, -0.25) is 0 Å². The molecule has 0 N–H and O–H groups in total. The minimum Gasteiger partial charge on any atom is -0.476 e. The Morgan fingerprint density at radius 3 is 2.45 bits per heavy atom. The molecule has 0 fully saturated rings. The van der Waals surface area contributed by atoms with Gasteiger partial charge in [0, 0.05) is 23.1 Å². The molecular formula is C27H24O6. The molecule has 0 unspecified atom stereocenters. The predicted octanol–water partition coefficient (Wildman–Crippen LogP) is 4.91. The molecule has 0 saturated carbocycles. The molecule has 1 atom stereocenters. The molecule has 0 bridgehead atoms. The lowest BCUT2D eigenvalue weighted by Crippen LogP contribution is -2.33. The van der Waals surface area contributed by atoms with Crippen LogP contribution in [0.1, 0.15) is 11.1 Å². The van der Waals surface area contributed by atoms with Crippen LogP contribution < -0.4 is 10.4 Å². The Morgan fingerprint density at radius 2 is 1.70 bits per heavy atom. The largest absolute Gasteiger partial charge is 0.476 e. The van der Waals surface area contributed by atoms with Crippen molar-refractivity contribution in [3.63, 3.8) is 0 Å². The first-order valence-corrected chi connectivity index (χ1v) is 10.5. The van der Waals surface area contributed by atoms with Crippen LogP contribution in [0.4, 0.5) is 0 Å². The van der Waals surface area contributed by atoms with Crippen molar-refractivity contribution in [2.45, 2.75) is 19.6 Å². The molecule has 3 aromatic carbocycles. The van der Waals surface area contributed by atoms with E-state index in [0.717, 1.165) is 27.6 Å². The molecule has 0 aliphatic heterocycles. The zero-order valence-electron chi connectivity index (χ0n) is 18.4. The number of rotatable bonds is 8. The Morgan fingerprint density at radius 1 is 0.939 bits per heavy atom. The molecule has 168 valence electrons. The molecule has 0 saturated heterocycles. The van der Waals surface area contributed by atoms with Crippen LogP contribution in [-0.2, 0) is 20.9 Å². The molecule has 1 aromatic heterocycles. The average molecular weight is 444 g/mol. The van der Waals surface area contributed by atoms with Gasteiger partial charge in [0.15, 0.2) is 0 Å². The topological polar surface area (TPSA) is 75.0 Å². The SMILES string of the molecule is COC(=O)[C@@H](COCc1ccccc1)Oc1ccc2c(-c3ccccc3C)cc(=O)oc2c1. The maximum Gasteiger partial charge on any atom is 0.349 e. The summed E-state index contributed by atoms with van der Waals surface area (Å²) in [5.41, 5.74) is 3.66. The van der Waals surface area contributed by atoms with E-state index in [4.69, 9.17) is 18.6 Å². The van der Waals surface area contributed by atoms with Crippen LogP contribution in [0.5, 0.6) is 5.75 Å². The number of aryl methyl sites for hydroxylation is 1. The van der Waals surface area contributed by atoms with Gasteiger partial charge in [-0.05, 0) is 35.7 Å². The highest BCUT2D eigenvalue weighted by molar-refractivity contribution is 5.94. The smallest absolute Gasteiger partial charge is 0.349 e. The van der Waals surface area contributed by atoms with Gasteiger partial charge in [0.1, 0.15) is 11.3 Å². The van der Waals surface area contributed by atoms with E-state index < -0.39 is 17.7 Å².